The number of alkyl halides is 1. The van der Waals surface area contributed by atoms with Crippen LogP contribution in [0.15, 0.2) is 0 Å². The van der Waals surface area contributed by atoms with E-state index in [0.717, 1.165) is 38.5 Å². The molecule has 2 rings (SSSR count). The fraction of sp³-hybridized carbons (Fsp3) is 0.933. The maximum absolute atomic E-state index is 11.8. The first-order valence-corrected chi connectivity index (χ1v) is 8.54. The fourth-order valence-electron chi connectivity index (χ4n) is 3.23. The van der Waals surface area contributed by atoms with Crippen molar-refractivity contribution in [2.75, 3.05) is 13.7 Å². The normalized spacial score (nSPS) is 37.9. The van der Waals surface area contributed by atoms with Gasteiger partial charge in [0.25, 0.3) is 0 Å². The highest BCUT2D eigenvalue weighted by molar-refractivity contribution is 9.09. The van der Waals surface area contributed by atoms with E-state index in [0.29, 0.717) is 12.7 Å². The molecule has 2 fully saturated rings. The van der Waals surface area contributed by atoms with Crippen molar-refractivity contribution in [1.29, 1.82) is 0 Å². The van der Waals surface area contributed by atoms with Gasteiger partial charge in [-0.25, -0.2) is 0 Å². The van der Waals surface area contributed by atoms with Gasteiger partial charge < -0.3 is 14.2 Å². The molecule has 0 bridgehead atoms. The number of carbonyl (C=O) groups excluding carboxylic acids is 1. The Morgan fingerprint density at radius 3 is 2.65 bits per heavy atom. The third-order valence-electron chi connectivity index (χ3n) is 4.33. The van der Waals surface area contributed by atoms with E-state index in [1.54, 1.807) is 7.11 Å². The second kappa shape index (κ2) is 7.76. The summed E-state index contributed by atoms with van der Waals surface area (Å²) in [6, 6.07) is 0. The van der Waals surface area contributed by atoms with Crippen LogP contribution in [0.3, 0.4) is 0 Å². The van der Waals surface area contributed by atoms with Gasteiger partial charge in [-0.2, -0.15) is 0 Å². The lowest BCUT2D eigenvalue weighted by Gasteiger charge is -2.31. The van der Waals surface area contributed by atoms with Crippen molar-refractivity contribution >= 4 is 21.9 Å². The number of halogens is 1. The molecule has 20 heavy (non-hydrogen) atoms. The average Bonchev–Trinajstić information content (AvgIpc) is 2.81. The number of hydrogen-bond acceptors (Lipinski definition) is 4. The largest absolute Gasteiger partial charge is 0.466 e. The minimum absolute atomic E-state index is 0.0221. The zero-order valence-corrected chi connectivity index (χ0v) is 13.9. The summed E-state index contributed by atoms with van der Waals surface area (Å²) in [6.07, 6.45) is 6.63. The molecule has 0 aliphatic heterocycles. The van der Waals surface area contributed by atoms with E-state index in [1.807, 2.05) is 6.92 Å². The third-order valence-corrected chi connectivity index (χ3v) is 5.29. The van der Waals surface area contributed by atoms with Crippen molar-refractivity contribution in [3.05, 3.63) is 0 Å². The van der Waals surface area contributed by atoms with Crippen LogP contribution in [-0.4, -0.2) is 42.8 Å². The molecular formula is C15H25BrO4. The molecule has 0 heterocycles. The predicted molar refractivity (Wildman–Crippen MR) is 80.0 cm³/mol. The average molecular weight is 349 g/mol. The Hall–Kier alpha value is -0.130. The molecule has 5 heteroatoms. The number of carbonyl (C=O) groups is 1. The standard InChI is InChI=1S/C15H25BrO4/c1-3-19-15(17)10-7-13(16)14(8-10)20-12-6-4-5-11(9-12)18-2/h10-14H,3-9H2,1-2H3. The summed E-state index contributed by atoms with van der Waals surface area (Å²) in [4.78, 5) is 12.1. The lowest BCUT2D eigenvalue weighted by molar-refractivity contribution is -0.148. The van der Waals surface area contributed by atoms with Crippen LogP contribution >= 0.6 is 15.9 Å². The van der Waals surface area contributed by atoms with Crippen molar-refractivity contribution in [3.8, 4) is 0 Å². The van der Waals surface area contributed by atoms with Crippen LogP contribution in [0.2, 0.25) is 0 Å². The van der Waals surface area contributed by atoms with Crippen LogP contribution in [0, 0.1) is 5.92 Å². The van der Waals surface area contributed by atoms with Gasteiger partial charge in [-0.05, 0) is 45.4 Å². The van der Waals surface area contributed by atoms with E-state index in [4.69, 9.17) is 14.2 Å². The number of rotatable bonds is 5. The Bertz CT molecular complexity index is 323. The summed E-state index contributed by atoms with van der Waals surface area (Å²) < 4.78 is 16.8. The molecule has 2 saturated carbocycles. The van der Waals surface area contributed by atoms with Crippen LogP contribution in [0.4, 0.5) is 0 Å². The van der Waals surface area contributed by atoms with Crippen LogP contribution in [-0.2, 0) is 19.0 Å². The molecule has 116 valence electrons. The molecule has 5 atom stereocenters. The highest BCUT2D eigenvalue weighted by atomic mass is 79.9. The topological polar surface area (TPSA) is 44.8 Å². The Labute approximate surface area is 129 Å². The summed E-state index contributed by atoms with van der Waals surface area (Å²) in [5.74, 6) is -0.104. The predicted octanol–water partition coefficient (Wildman–Crippen LogP) is 3.07. The molecular weight excluding hydrogens is 324 g/mol. The number of esters is 1. The lowest BCUT2D eigenvalue weighted by atomic mass is 9.94. The zero-order chi connectivity index (χ0) is 14.5. The summed E-state index contributed by atoms with van der Waals surface area (Å²) in [5.41, 5.74) is 0. The molecule has 0 saturated heterocycles. The smallest absolute Gasteiger partial charge is 0.309 e. The van der Waals surface area contributed by atoms with Gasteiger partial charge in [-0.3, -0.25) is 4.79 Å². The molecule has 2 aliphatic carbocycles. The van der Waals surface area contributed by atoms with Gasteiger partial charge in [0, 0.05) is 11.9 Å². The molecule has 0 spiro atoms. The van der Waals surface area contributed by atoms with E-state index in [1.165, 1.54) is 0 Å². The van der Waals surface area contributed by atoms with Gasteiger partial charge >= 0.3 is 5.97 Å². The number of hydrogen-bond donors (Lipinski definition) is 0. The quantitative estimate of drug-likeness (QED) is 0.565. The van der Waals surface area contributed by atoms with E-state index < -0.39 is 0 Å². The maximum atomic E-state index is 11.8. The Morgan fingerprint density at radius 2 is 1.95 bits per heavy atom. The molecule has 0 N–H and O–H groups in total. The molecule has 0 aromatic rings. The van der Waals surface area contributed by atoms with Crippen molar-refractivity contribution < 1.29 is 19.0 Å². The van der Waals surface area contributed by atoms with Crippen LogP contribution in [0.5, 0.6) is 0 Å². The van der Waals surface area contributed by atoms with Crippen molar-refractivity contribution in [2.45, 2.75) is 68.6 Å². The summed E-state index contributed by atoms with van der Waals surface area (Å²) >= 11 is 3.66. The van der Waals surface area contributed by atoms with E-state index in [2.05, 4.69) is 15.9 Å². The van der Waals surface area contributed by atoms with Gasteiger partial charge in [0.2, 0.25) is 0 Å². The van der Waals surface area contributed by atoms with Gasteiger partial charge in [-0.1, -0.05) is 15.9 Å². The number of ether oxygens (including phenoxy) is 3. The highest BCUT2D eigenvalue weighted by Gasteiger charge is 2.39. The second-order valence-electron chi connectivity index (χ2n) is 5.76. The third kappa shape index (κ3) is 4.18. The monoisotopic (exact) mass is 348 g/mol. The molecule has 5 unspecified atom stereocenters. The summed E-state index contributed by atoms with van der Waals surface area (Å²) in [6.45, 7) is 2.30. The zero-order valence-electron chi connectivity index (χ0n) is 12.3. The van der Waals surface area contributed by atoms with Gasteiger partial charge in [0.1, 0.15) is 0 Å². The second-order valence-corrected chi connectivity index (χ2v) is 6.93. The minimum Gasteiger partial charge on any atom is -0.466 e. The van der Waals surface area contributed by atoms with Gasteiger partial charge in [-0.15, -0.1) is 0 Å². The first kappa shape index (κ1) is 16.2. The summed E-state index contributed by atoms with van der Waals surface area (Å²) in [5, 5.41) is 0. The van der Waals surface area contributed by atoms with Crippen molar-refractivity contribution in [3.63, 3.8) is 0 Å². The van der Waals surface area contributed by atoms with Crippen LogP contribution < -0.4 is 0 Å². The van der Waals surface area contributed by atoms with E-state index in [9.17, 15) is 4.79 Å². The fourth-order valence-corrected chi connectivity index (χ4v) is 4.02. The molecule has 0 amide bonds. The first-order valence-electron chi connectivity index (χ1n) is 7.63. The molecule has 0 radical (unpaired) electrons. The molecule has 0 aromatic heterocycles. The molecule has 4 nitrogen and oxygen atoms in total. The number of methoxy groups -OCH3 is 1. The Morgan fingerprint density at radius 1 is 1.20 bits per heavy atom. The minimum atomic E-state index is -0.0820. The summed E-state index contributed by atoms with van der Waals surface area (Å²) in [7, 11) is 1.77. The van der Waals surface area contributed by atoms with E-state index >= 15 is 0 Å². The van der Waals surface area contributed by atoms with Crippen LogP contribution in [0.1, 0.15) is 45.4 Å². The van der Waals surface area contributed by atoms with E-state index in [-0.39, 0.29) is 28.9 Å². The molecule has 2 aliphatic rings. The molecule has 0 aromatic carbocycles. The Balaban J connectivity index is 1.82. The van der Waals surface area contributed by atoms with Gasteiger partial charge in [0.05, 0.1) is 30.8 Å². The highest BCUT2D eigenvalue weighted by Crippen LogP contribution is 2.36. The van der Waals surface area contributed by atoms with Gasteiger partial charge in [0.15, 0.2) is 0 Å². The van der Waals surface area contributed by atoms with Crippen molar-refractivity contribution in [2.24, 2.45) is 5.92 Å². The van der Waals surface area contributed by atoms with Crippen LogP contribution in [0.25, 0.3) is 0 Å². The Kier molecular flexibility index (Phi) is 6.30. The SMILES string of the molecule is CCOC(=O)C1CC(Br)C(OC2CCCC(OC)C2)C1. The van der Waals surface area contributed by atoms with Crippen molar-refractivity contribution in [1.82, 2.24) is 0 Å². The lowest BCUT2D eigenvalue weighted by Crippen LogP contribution is -2.32. The maximum Gasteiger partial charge on any atom is 0.309 e. The first-order chi connectivity index (χ1) is 9.63.